The van der Waals surface area contributed by atoms with Crippen LogP contribution in [0.1, 0.15) is 40.7 Å². The summed E-state index contributed by atoms with van der Waals surface area (Å²) in [7, 11) is -2.13. The number of methoxy groups -OCH3 is 1. The summed E-state index contributed by atoms with van der Waals surface area (Å²) in [5.74, 6) is -0.572. The van der Waals surface area contributed by atoms with Crippen molar-refractivity contribution >= 4 is 21.9 Å². The molecule has 172 valence electrons. The summed E-state index contributed by atoms with van der Waals surface area (Å²) in [4.78, 5) is 24.8. The van der Waals surface area contributed by atoms with E-state index in [1.165, 1.54) is 16.4 Å². The molecule has 1 heterocycles. The maximum atomic E-state index is 12.9. The molecule has 1 saturated heterocycles. The first-order chi connectivity index (χ1) is 15.3. The van der Waals surface area contributed by atoms with E-state index in [-0.39, 0.29) is 17.0 Å². The summed E-state index contributed by atoms with van der Waals surface area (Å²) in [6.07, 6.45) is 2.66. The normalized spacial score (nSPS) is 14.6. The molecule has 2 aromatic rings. The Morgan fingerprint density at radius 1 is 1.06 bits per heavy atom. The molecular formula is C23H28N2O6S. The Morgan fingerprint density at radius 3 is 2.50 bits per heavy atom. The number of sulfonamides is 1. The van der Waals surface area contributed by atoms with Crippen LogP contribution in [0.3, 0.4) is 0 Å². The Labute approximate surface area is 188 Å². The zero-order chi connectivity index (χ0) is 23.1. The Bertz CT molecular complexity index is 1080. The SMILES string of the molecule is COc1ccccc1CNC(=O)COC(=O)c1cc(S(=O)(=O)N2CCCCC2)ccc1C. The maximum Gasteiger partial charge on any atom is 0.338 e. The minimum absolute atomic E-state index is 0.0533. The second kappa shape index (κ2) is 10.6. The highest BCUT2D eigenvalue weighted by Crippen LogP contribution is 2.23. The number of piperidine rings is 1. The number of nitrogens with one attached hydrogen (secondary N) is 1. The second-order valence-electron chi connectivity index (χ2n) is 7.61. The van der Waals surface area contributed by atoms with Gasteiger partial charge in [0, 0.05) is 25.2 Å². The largest absolute Gasteiger partial charge is 0.496 e. The van der Waals surface area contributed by atoms with Crippen LogP contribution < -0.4 is 10.1 Å². The van der Waals surface area contributed by atoms with Gasteiger partial charge in [0.2, 0.25) is 10.0 Å². The number of benzene rings is 2. The molecule has 32 heavy (non-hydrogen) atoms. The smallest absolute Gasteiger partial charge is 0.338 e. The maximum absolute atomic E-state index is 12.9. The van der Waals surface area contributed by atoms with Gasteiger partial charge in [0.15, 0.2) is 6.61 Å². The number of carbonyl (C=O) groups is 2. The zero-order valence-corrected chi connectivity index (χ0v) is 19.1. The molecule has 1 fully saturated rings. The fourth-order valence-electron chi connectivity index (χ4n) is 3.54. The first kappa shape index (κ1) is 23.7. The van der Waals surface area contributed by atoms with Crippen molar-refractivity contribution in [3.8, 4) is 5.75 Å². The number of hydrogen-bond donors (Lipinski definition) is 1. The molecule has 0 aliphatic carbocycles. The molecule has 0 saturated carbocycles. The van der Waals surface area contributed by atoms with E-state index in [1.807, 2.05) is 18.2 Å². The van der Waals surface area contributed by atoms with E-state index >= 15 is 0 Å². The third-order valence-electron chi connectivity index (χ3n) is 5.38. The Balaban J connectivity index is 1.62. The van der Waals surface area contributed by atoms with E-state index in [0.717, 1.165) is 24.8 Å². The Hall–Kier alpha value is -2.91. The van der Waals surface area contributed by atoms with E-state index < -0.39 is 28.5 Å². The molecule has 1 aliphatic rings. The summed E-state index contributed by atoms with van der Waals surface area (Å²) in [5, 5.41) is 2.68. The van der Waals surface area contributed by atoms with Crippen LogP contribution >= 0.6 is 0 Å². The highest BCUT2D eigenvalue weighted by atomic mass is 32.2. The summed E-state index contributed by atoms with van der Waals surface area (Å²) < 4.78 is 37.6. The van der Waals surface area contributed by atoms with Crippen molar-refractivity contribution in [3.63, 3.8) is 0 Å². The van der Waals surface area contributed by atoms with Crippen molar-refractivity contribution in [1.29, 1.82) is 0 Å². The lowest BCUT2D eigenvalue weighted by Crippen LogP contribution is -2.35. The van der Waals surface area contributed by atoms with Crippen LogP contribution in [0.25, 0.3) is 0 Å². The van der Waals surface area contributed by atoms with Gasteiger partial charge in [0.1, 0.15) is 5.75 Å². The van der Waals surface area contributed by atoms with E-state index in [1.54, 1.807) is 26.2 Å². The molecule has 0 spiro atoms. The quantitative estimate of drug-likeness (QED) is 0.608. The molecule has 9 heteroatoms. The number of ether oxygens (including phenoxy) is 2. The van der Waals surface area contributed by atoms with Crippen LogP contribution in [0.4, 0.5) is 0 Å². The van der Waals surface area contributed by atoms with Gasteiger partial charge < -0.3 is 14.8 Å². The average Bonchev–Trinajstić information content (AvgIpc) is 2.82. The molecule has 8 nitrogen and oxygen atoms in total. The summed E-state index contributed by atoms with van der Waals surface area (Å²) in [6, 6.07) is 11.7. The second-order valence-corrected chi connectivity index (χ2v) is 9.54. The lowest BCUT2D eigenvalue weighted by Gasteiger charge is -2.26. The molecule has 0 atom stereocenters. The van der Waals surface area contributed by atoms with Crippen LogP contribution in [0.2, 0.25) is 0 Å². The van der Waals surface area contributed by atoms with Crippen molar-refractivity contribution in [1.82, 2.24) is 9.62 Å². The first-order valence-electron chi connectivity index (χ1n) is 10.5. The molecular weight excluding hydrogens is 432 g/mol. The van der Waals surface area contributed by atoms with Crippen molar-refractivity contribution in [3.05, 3.63) is 59.2 Å². The molecule has 1 amide bonds. The number of para-hydroxylation sites is 1. The summed E-state index contributed by atoms with van der Waals surface area (Å²) in [5.41, 5.74) is 1.49. The summed E-state index contributed by atoms with van der Waals surface area (Å²) >= 11 is 0. The van der Waals surface area contributed by atoms with Crippen molar-refractivity contribution in [2.45, 2.75) is 37.6 Å². The molecule has 0 bridgehead atoms. The number of amides is 1. The Kier molecular flexibility index (Phi) is 7.87. The predicted molar refractivity (Wildman–Crippen MR) is 119 cm³/mol. The first-order valence-corrected chi connectivity index (χ1v) is 11.9. The number of hydrogen-bond acceptors (Lipinski definition) is 6. The van der Waals surface area contributed by atoms with Gasteiger partial charge in [0.25, 0.3) is 5.91 Å². The van der Waals surface area contributed by atoms with Gasteiger partial charge in [-0.05, 0) is 43.5 Å². The van der Waals surface area contributed by atoms with Crippen LogP contribution in [0, 0.1) is 6.92 Å². The van der Waals surface area contributed by atoms with Crippen molar-refractivity contribution < 1.29 is 27.5 Å². The molecule has 1 N–H and O–H groups in total. The van der Waals surface area contributed by atoms with Gasteiger partial charge >= 0.3 is 5.97 Å². The van der Waals surface area contributed by atoms with Crippen LogP contribution in [-0.4, -0.2) is 51.4 Å². The monoisotopic (exact) mass is 460 g/mol. The Morgan fingerprint density at radius 2 is 1.78 bits per heavy atom. The number of nitrogens with zero attached hydrogens (tertiary/aromatic N) is 1. The van der Waals surface area contributed by atoms with E-state index in [2.05, 4.69) is 5.32 Å². The molecule has 2 aromatic carbocycles. The van der Waals surface area contributed by atoms with Gasteiger partial charge in [-0.1, -0.05) is 30.7 Å². The average molecular weight is 461 g/mol. The molecule has 0 radical (unpaired) electrons. The third kappa shape index (κ3) is 5.66. The van der Waals surface area contributed by atoms with Crippen molar-refractivity contribution in [2.75, 3.05) is 26.8 Å². The van der Waals surface area contributed by atoms with Crippen molar-refractivity contribution in [2.24, 2.45) is 0 Å². The highest BCUT2D eigenvalue weighted by Gasteiger charge is 2.27. The van der Waals surface area contributed by atoms with E-state index in [4.69, 9.17) is 9.47 Å². The van der Waals surface area contributed by atoms with Gasteiger partial charge in [-0.2, -0.15) is 4.31 Å². The summed E-state index contributed by atoms with van der Waals surface area (Å²) in [6.45, 7) is 2.39. The lowest BCUT2D eigenvalue weighted by atomic mass is 10.1. The van der Waals surface area contributed by atoms with E-state index in [9.17, 15) is 18.0 Å². The van der Waals surface area contributed by atoms with Crippen LogP contribution in [0.5, 0.6) is 5.75 Å². The van der Waals surface area contributed by atoms with Gasteiger partial charge in [-0.15, -0.1) is 0 Å². The topological polar surface area (TPSA) is 102 Å². The van der Waals surface area contributed by atoms with Crippen LogP contribution in [0.15, 0.2) is 47.4 Å². The molecule has 0 unspecified atom stereocenters. The number of aryl methyl sites for hydroxylation is 1. The number of carbonyl (C=O) groups excluding carboxylic acids is 2. The molecule has 1 aliphatic heterocycles. The standard InChI is InChI=1S/C23H28N2O6S/c1-17-10-11-19(32(28,29)25-12-6-3-7-13-25)14-20(17)23(27)31-16-22(26)24-15-18-8-4-5-9-21(18)30-2/h4-5,8-11,14H,3,6-7,12-13,15-16H2,1-2H3,(H,24,26). The number of rotatable bonds is 8. The van der Waals surface area contributed by atoms with Crippen LogP contribution in [-0.2, 0) is 26.1 Å². The fraction of sp³-hybridized carbons (Fsp3) is 0.391. The number of esters is 1. The predicted octanol–water partition coefficient (Wildman–Crippen LogP) is 2.65. The molecule has 3 rings (SSSR count). The highest BCUT2D eigenvalue weighted by molar-refractivity contribution is 7.89. The van der Waals surface area contributed by atoms with Gasteiger partial charge in [0.05, 0.1) is 17.6 Å². The minimum Gasteiger partial charge on any atom is -0.496 e. The minimum atomic E-state index is -3.68. The van der Waals surface area contributed by atoms with E-state index in [0.29, 0.717) is 24.4 Å². The fourth-order valence-corrected chi connectivity index (χ4v) is 5.08. The zero-order valence-electron chi connectivity index (χ0n) is 18.3. The van der Waals surface area contributed by atoms with Gasteiger partial charge in [-0.25, -0.2) is 13.2 Å². The molecule has 0 aromatic heterocycles. The lowest BCUT2D eigenvalue weighted by molar-refractivity contribution is -0.124. The van der Waals surface area contributed by atoms with Gasteiger partial charge in [-0.3, -0.25) is 4.79 Å². The third-order valence-corrected chi connectivity index (χ3v) is 7.28.